The molecule has 1 amide bonds. The SMILES string of the molecule is COc1cccc(C(=O)OCC(=O)N2c3ccccc3C[C@H]2C)c1. The smallest absolute Gasteiger partial charge is 0.338 e. The van der Waals surface area contributed by atoms with Gasteiger partial charge in [-0.3, -0.25) is 4.79 Å². The molecule has 124 valence electrons. The lowest BCUT2D eigenvalue weighted by Crippen LogP contribution is -2.38. The van der Waals surface area contributed by atoms with Crippen molar-refractivity contribution in [3.63, 3.8) is 0 Å². The van der Waals surface area contributed by atoms with Gasteiger partial charge in [0, 0.05) is 11.7 Å². The quantitative estimate of drug-likeness (QED) is 0.811. The summed E-state index contributed by atoms with van der Waals surface area (Å²) in [6, 6.07) is 14.5. The van der Waals surface area contributed by atoms with Crippen LogP contribution in [0.5, 0.6) is 5.75 Å². The number of esters is 1. The lowest BCUT2D eigenvalue weighted by molar-refractivity contribution is -0.122. The Bertz CT molecular complexity index is 771. The number of amides is 1. The third-order valence-electron chi connectivity index (χ3n) is 4.11. The van der Waals surface area contributed by atoms with E-state index in [0.29, 0.717) is 11.3 Å². The fraction of sp³-hybridized carbons (Fsp3) is 0.263. The van der Waals surface area contributed by atoms with E-state index in [1.165, 1.54) is 7.11 Å². The summed E-state index contributed by atoms with van der Waals surface area (Å²) in [7, 11) is 1.53. The van der Waals surface area contributed by atoms with Gasteiger partial charge in [0.25, 0.3) is 5.91 Å². The Labute approximate surface area is 140 Å². The highest BCUT2D eigenvalue weighted by Crippen LogP contribution is 2.31. The van der Waals surface area contributed by atoms with Gasteiger partial charge in [0.1, 0.15) is 5.75 Å². The molecule has 1 atom stereocenters. The number of carbonyl (C=O) groups excluding carboxylic acids is 2. The van der Waals surface area contributed by atoms with Crippen LogP contribution in [0.15, 0.2) is 48.5 Å². The van der Waals surface area contributed by atoms with Gasteiger partial charge in [0.05, 0.1) is 12.7 Å². The van der Waals surface area contributed by atoms with E-state index in [2.05, 4.69) is 0 Å². The van der Waals surface area contributed by atoms with Crippen molar-refractivity contribution < 1.29 is 19.1 Å². The summed E-state index contributed by atoms with van der Waals surface area (Å²) in [5.74, 6) is -0.191. The summed E-state index contributed by atoms with van der Waals surface area (Å²) < 4.78 is 10.3. The van der Waals surface area contributed by atoms with E-state index < -0.39 is 5.97 Å². The van der Waals surface area contributed by atoms with E-state index in [0.717, 1.165) is 17.7 Å². The van der Waals surface area contributed by atoms with Gasteiger partial charge in [-0.15, -0.1) is 0 Å². The molecule has 2 aromatic carbocycles. The molecular formula is C19H19NO4. The predicted molar refractivity (Wildman–Crippen MR) is 90.4 cm³/mol. The van der Waals surface area contributed by atoms with Gasteiger partial charge in [0.15, 0.2) is 6.61 Å². The van der Waals surface area contributed by atoms with Gasteiger partial charge in [-0.2, -0.15) is 0 Å². The molecule has 1 heterocycles. The Morgan fingerprint density at radius 3 is 2.75 bits per heavy atom. The monoisotopic (exact) mass is 325 g/mol. The zero-order chi connectivity index (χ0) is 17.1. The summed E-state index contributed by atoms with van der Waals surface area (Å²) in [5.41, 5.74) is 2.39. The van der Waals surface area contributed by atoms with Crippen molar-refractivity contribution in [2.24, 2.45) is 0 Å². The molecule has 5 nitrogen and oxygen atoms in total. The van der Waals surface area contributed by atoms with Crippen molar-refractivity contribution in [3.05, 3.63) is 59.7 Å². The standard InChI is InChI=1S/C19H19NO4/c1-13-10-14-6-3-4-9-17(14)20(13)18(21)12-24-19(22)15-7-5-8-16(11-15)23-2/h3-9,11,13H,10,12H2,1-2H3/t13-/m1/s1. The molecule has 3 rings (SSSR count). The highest BCUT2D eigenvalue weighted by Gasteiger charge is 2.31. The first-order valence-electron chi connectivity index (χ1n) is 7.81. The van der Waals surface area contributed by atoms with Gasteiger partial charge in [-0.25, -0.2) is 4.79 Å². The van der Waals surface area contributed by atoms with Crippen molar-refractivity contribution >= 4 is 17.6 Å². The van der Waals surface area contributed by atoms with Gasteiger partial charge >= 0.3 is 5.97 Å². The number of anilines is 1. The summed E-state index contributed by atoms with van der Waals surface area (Å²) >= 11 is 0. The van der Waals surface area contributed by atoms with Gasteiger partial charge in [0.2, 0.25) is 0 Å². The molecule has 1 aliphatic heterocycles. The minimum atomic E-state index is -0.539. The molecule has 0 unspecified atom stereocenters. The number of carbonyl (C=O) groups is 2. The van der Waals surface area contributed by atoms with Crippen molar-refractivity contribution in [3.8, 4) is 5.75 Å². The number of hydrogen-bond donors (Lipinski definition) is 0. The number of ether oxygens (including phenoxy) is 2. The highest BCUT2D eigenvalue weighted by molar-refractivity contribution is 5.99. The van der Waals surface area contributed by atoms with Crippen molar-refractivity contribution in [2.45, 2.75) is 19.4 Å². The number of methoxy groups -OCH3 is 1. The van der Waals surface area contributed by atoms with Crippen molar-refractivity contribution in [1.29, 1.82) is 0 Å². The molecule has 0 N–H and O–H groups in total. The molecular weight excluding hydrogens is 306 g/mol. The van der Waals surface area contributed by atoms with E-state index in [9.17, 15) is 9.59 Å². The van der Waals surface area contributed by atoms with E-state index >= 15 is 0 Å². The van der Waals surface area contributed by atoms with Crippen LogP contribution in [0.3, 0.4) is 0 Å². The summed E-state index contributed by atoms with van der Waals surface area (Å²) in [4.78, 5) is 26.3. The Morgan fingerprint density at radius 1 is 1.17 bits per heavy atom. The predicted octanol–water partition coefficient (Wildman–Crippen LogP) is 2.83. The Hall–Kier alpha value is -2.82. The fourth-order valence-corrected chi connectivity index (χ4v) is 2.98. The minimum Gasteiger partial charge on any atom is -0.497 e. The number of hydrogen-bond acceptors (Lipinski definition) is 4. The molecule has 0 spiro atoms. The van der Waals surface area contributed by atoms with Crippen LogP contribution in [-0.2, 0) is 16.0 Å². The molecule has 0 bridgehead atoms. The minimum absolute atomic E-state index is 0.0606. The second-order valence-electron chi connectivity index (χ2n) is 5.75. The van der Waals surface area contributed by atoms with Crippen LogP contribution in [0.2, 0.25) is 0 Å². The Balaban J connectivity index is 1.66. The second-order valence-corrected chi connectivity index (χ2v) is 5.75. The zero-order valence-electron chi connectivity index (χ0n) is 13.7. The third kappa shape index (κ3) is 3.11. The first kappa shape index (κ1) is 16.1. The van der Waals surface area contributed by atoms with E-state index in [-0.39, 0.29) is 18.6 Å². The van der Waals surface area contributed by atoms with E-state index in [1.807, 2.05) is 31.2 Å². The van der Waals surface area contributed by atoms with Crippen LogP contribution < -0.4 is 9.64 Å². The van der Waals surface area contributed by atoms with Gasteiger partial charge in [-0.05, 0) is 43.2 Å². The molecule has 0 saturated carbocycles. The largest absolute Gasteiger partial charge is 0.497 e. The first-order chi connectivity index (χ1) is 11.6. The molecule has 5 heteroatoms. The van der Waals surface area contributed by atoms with Crippen LogP contribution in [0, 0.1) is 0 Å². The molecule has 0 saturated heterocycles. The molecule has 0 aromatic heterocycles. The van der Waals surface area contributed by atoms with E-state index in [4.69, 9.17) is 9.47 Å². The zero-order valence-corrected chi connectivity index (χ0v) is 13.7. The maximum Gasteiger partial charge on any atom is 0.338 e. The summed E-state index contributed by atoms with van der Waals surface area (Å²) in [5, 5.41) is 0. The van der Waals surface area contributed by atoms with Crippen LogP contribution >= 0.6 is 0 Å². The maximum atomic E-state index is 12.5. The topological polar surface area (TPSA) is 55.8 Å². The normalized spacial score (nSPS) is 15.8. The highest BCUT2D eigenvalue weighted by atomic mass is 16.5. The fourth-order valence-electron chi connectivity index (χ4n) is 2.98. The third-order valence-corrected chi connectivity index (χ3v) is 4.11. The van der Waals surface area contributed by atoms with Crippen LogP contribution in [0.1, 0.15) is 22.8 Å². The molecule has 1 aliphatic rings. The van der Waals surface area contributed by atoms with Crippen LogP contribution in [0.25, 0.3) is 0 Å². The molecule has 0 aliphatic carbocycles. The number of fused-ring (bicyclic) bond motifs is 1. The van der Waals surface area contributed by atoms with Crippen molar-refractivity contribution in [2.75, 3.05) is 18.6 Å². The lowest BCUT2D eigenvalue weighted by atomic mass is 10.1. The number of rotatable bonds is 4. The maximum absolute atomic E-state index is 12.5. The average molecular weight is 325 g/mol. The van der Waals surface area contributed by atoms with Crippen LogP contribution in [-0.4, -0.2) is 31.6 Å². The first-order valence-corrected chi connectivity index (χ1v) is 7.81. The number of nitrogens with zero attached hydrogens (tertiary/aromatic N) is 1. The molecule has 24 heavy (non-hydrogen) atoms. The summed E-state index contributed by atoms with van der Waals surface area (Å²) in [6.45, 7) is 1.70. The van der Waals surface area contributed by atoms with Gasteiger partial charge in [-0.1, -0.05) is 24.3 Å². The van der Waals surface area contributed by atoms with E-state index in [1.54, 1.807) is 29.2 Å². The Morgan fingerprint density at radius 2 is 1.96 bits per heavy atom. The molecule has 0 fully saturated rings. The number of para-hydroxylation sites is 1. The molecule has 0 radical (unpaired) electrons. The van der Waals surface area contributed by atoms with Crippen molar-refractivity contribution in [1.82, 2.24) is 0 Å². The van der Waals surface area contributed by atoms with Gasteiger partial charge < -0.3 is 14.4 Å². The Kier molecular flexibility index (Phi) is 4.51. The van der Waals surface area contributed by atoms with Crippen LogP contribution in [0.4, 0.5) is 5.69 Å². The summed E-state index contributed by atoms with van der Waals surface area (Å²) in [6.07, 6.45) is 0.811. The molecule has 2 aromatic rings. The average Bonchev–Trinajstić information content (AvgIpc) is 2.95. The second kappa shape index (κ2) is 6.74. The lowest BCUT2D eigenvalue weighted by Gasteiger charge is -2.22. The number of benzene rings is 2.